The molecule has 3 radical (unpaired) electrons. The Kier molecular flexibility index (Phi) is 3.25. The van der Waals surface area contributed by atoms with Gasteiger partial charge in [0.1, 0.15) is 0 Å². The first-order valence-corrected chi connectivity index (χ1v) is 4.32. The van der Waals surface area contributed by atoms with Crippen molar-refractivity contribution in [3.05, 3.63) is 32.2 Å². The van der Waals surface area contributed by atoms with Crippen LogP contribution in [0.15, 0.2) is 25.8 Å². The van der Waals surface area contributed by atoms with Crippen LogP contribution >= 0.6 is 27.5 Å². The lowest BCUT2D eigenvalue weighted by molar-refractivity contribution is 0.555. The molecule has 1 N–H and O–H groups in total. The molecule has 0 spiro atoms. The molecule has 6 heteroatoms. The van der Waals surface area contributed by atoms with Crippen LogP contribution in [-0.4, -0.2) is 22.3 Å². The van der Waals surface area contributed by atoms with Gasteiger partial charge in [0, 0.05) is 21.8 Å². The van der Waals surface area contributed by atoms with E-state index in [1.54, 1.807) is 12.1 Å². The molecule has 65 valence electrons. The third kappa shape index (κ3) is 2.00. The van der Waals surface area contributed by atoms with Crippen molar-refractivity contribution >= 4 is 56.0 Å². The van der Waals surface area contributed by atoms with Gasteiger partial charge in [-0.25, -0.2) is 4.79 Å². The summed E-state index contributed by atoms with van der Waals surface area (Å²) >= 11 is 9.00. The van der Waals surface area contributed by atoms with E-state index in [1.807, 2.05) is 0 Å². The van der Waals surface area contributed by atoms with Crippen molar-refractivity contribution < 1.29 is 4.42 Å². The largest absolute Gasteiger partial charge is 0.417 e. The summed E-state index contributed by atoms with van der Waals surface area (Å²) in [6, 6.07) is 3.28. The van der Waals surface area contributed by atoms with E-state index in [0.29, 0.717) is 20.6 Å². The second kappa shape index (κ2) is 3.89. The maximum Gasteiger partial charge on any atom is 0.417 e. The Labute approximate surface area is 97.3 Å². The summed E-state index contributed by atoms with van der Waals surface area (Å²) in [4.78, 5) is 13.2. The van der Waals surface area contributed by atoms with Crippen molar-refractivity contribution in [2.45, 2.75) is 0 Å². The van der Waals surface area contributed by atoms with Gasteiger partial charge in [0.25, 0.3) is 0 Å². The lowest BCUT2D eigenvalue weighted by atomic mass is 10.3. The van der Waals surface area contributed by atoms with Crippen molar-refractivity contribution in [3.8, 4) is 0 Å². The Hall–Kier alpha value is -0.208. The van der Waals surface area contributed by atoms with Crippen LogP contribution in [0, 0.1) is 0 Å². The van der Waals surface area contributed by atoms with Gasteiger partial charge >= 0.3 is 5.76 Å². The topological polar surface area (TPSA) is 46.0 Å². The fourth-order valence-electron chi connectivity index (χ4n) is 0.946. The number of oxazole rings is 1. The molecule has 0 unspecified atom stereocenters. The van der Waals surface area contributed by atoms with E-state index in [1.165, 1.54) is 0 Å². The number of hydrogen-bond donors (Lipinski definition) is 1. The fourth-order valence-corrected chi connectivity index (χ4v) is 1.43. The number of halogens is 2. The molecule has 2 rings (SSSR count). The predicted octanol–water partition coefficient (Wildman–Crippen LogP) is 2.16. The quantitative estimate of drug-likeness (QED) is 0.749. The maximum atomic E-state index is 10.7. The van der Waals surface area contributed by atoms with E-state index >= 15 is 0 Å². The van der Waals surface area contributed by atoms with Crippen LogP contribution in [0.2, 0.25) is 5.02 Å². The van der Waals surface area contributed by atoms with E-state index in [0.717, 1.165) is 0 Å². The molecule has 3 nitrogen and oxygen atoms in total. The summed E-state index contributed by atoms with van der Waals surface area (Å²) in [5, 5.41) is 0.541. The zero-order valence-corrected chi connectivity index (χ0v) is 9.80. The average Bonchev–Trinajstić information content (AvgIpc) is 2.30. The molecular formula is C7H3AlBrClNO2. The molecule has 0 saturated heterocycles. The lowest BCUT2D eigenvalue weighted by Crippen LogP contribution is -1.92. The molecule has 1 heterocycles. The predicted molar refractivity (Wildman–Crippen MR) is 55.3 cm³/mol. The average molecular weight is 275 g/mol. The standard InChI is InChI=1S/C7H3BrClNO2.Al/c8-3-1-6-5(2-4(3)9)10-7(11)12-6;/h1-2H,(H,10,11);. The molecule has 0 amide bonds. The minimum absolute atomic E-state index is 0. The highest BCUT2D eigenvalue weighted by Crippen LogP contribution is 2.26. The molecule has 0 aliphatic rings. The van der Waals surface area contributed by atoms with Gasteiger partial charge in [0.15, 0.2) is 5.58 Å². The van der Waals surface area contributed by atoms with Gasteiger partial charge in [0.2, 0.25) is 0 Å². The normalized spacial score (nSPS) is 10.0. The number of hydrogen-bond acceptors (Lipinski definition) is 2. The van der Waals surface area contributed by atoms with Crippen LogP contribution < -0.4 is 5.76 Å². The summed E-state index contributed by atoms with van der Waals surface area (Å²) in [5.41, 5.74) is 1.10. The summed E-state index contributed by atoms with van der Waals surface area (Å²) in [6.45, 7) is 0. The first kappa shape index (κ1) is 10.9. The van der Waals surface area contributed by atoms with Gasteiger partial charge in [-0.05, 0) is 28.1 Å². The molecule has 1 aromatic carbocycles. The maximum absolute atomic E-state index is 10.7. The lowest BCUT2D eigenvalue weighted by Gasteiger charge is -1.92. The van der Waals surface area contributed by atoms with Crippen molar-refractivity contribution in [1.29, 1.82) is 0 Å². The molecule has 0 bridgehead atoms. The van der Waals surface area contributed by atoms with E-state index in [4.69, 9.17) is 16.0 Å². The number of aromatic nitrogens is 1. The first-order chi connectivity index (χ1) is 5.66. The van der Waals surface area contributed by atoms with E-state index < -0.39 is 5.76 Å². The summed E-state index contributed by atoms with van der Waals surface area (Å²) in [6.07, 6.45) is 0. The van der Waals surface area contributed by atoms with Crippen molar-refractivity contribution in [3.63, 3.8) is 0 Å². The van der Waals surface area contributed by atoms with Gasteiger partial charge in [-0.1, -0.05) is 11.6 Å². The molecule has 0 aliphatic carbocycles. The Morgan fingerprint density at radius 3 is 2.85 bits per heavy atom. The van der Waals surface area contributed by atoms with E-state index in [9.17, 15) is 4.79 Å². The third-order valence-electron chi connectivity index (χ3n) is 1.46. The Balaban J connectivity index is 0.000000845. The van der Waals surface area contributed by atoms with Crippen molar-refractivity contribution in [1.82, 2.24) is 4.98 Å². The minimum Gasteiger partial charge on any atom is -0.408 e. The zero-order valence-electron chi connectivity index (χ0n) is 6.30. The van der Waals surface area contributed by atoms with Crippen LogP contribution in [0.4, 0.5) is 0 Å². The molecule has 2 aromatic rings. The molecule has 1 aromatic heterocycles. The highest BCUT2D eigenvalue weighted by Gasteiger charge is 2.04. The van der Waals surface area contributed by atoms with Gasteiger partial charge in [-0.15, -0.1) is 0 Å². The number of benzene rings is 1. The number of nitrogens with one attached hydrogen (secondary N) is 1. The molecule has 0 saturated carbocycles. The van der Waals surface area contributed by atoms with Crippen LogP contribution in [0.3, 0.4) is 0 Å². The Bertz CT molecular complexity index is 451. The minimum atomic E-state index is -0.473. The van der Waals surface area contributed by atoms with Crippen LogP contribution in [0.5, 0.6) is 0 Å². The highest BCUT2D eigenvalue weighted by atomic mass is 79.9. The van der Waals surface area contributed by atoms with Crippen LogP contribution in [-0.2, 0) is 0 Å². The zero-order chi connectivity index (χ0) is 8.72. The summed E-state index contributed by atoms with van der Waals surface area (Å²) in [5.74, 6) is -0.473. The third-order valence-corrected chi connectivity index (χ3v) is 2.66. The summed E-state index contributed by atoms with van der Waals surface area (Å²) in [7, 11) is 0. The van der Waals surface area contributed by atoms with Crippen LogP contribution in [0.1, 0.15) is 0 Å². The second-order valence-electron chi connectivity index (χ2n) is 2.28. The first-order valence-electron chi connectivity index (χ1n) is 3.15. The van der Waals surface area contributed by atoms with E-state index in [2.05, 4.69) is 20.9 Å². The second-order valence-corrected chi connectivity index (χ2v) is 3.54. The Morgan fingerprint density at radius 2 is 2.15 bits per heavy atom. The molecule has 0 atom stereocenters. The Morgan fingerprint density at radius 1 is 1.46 bits per heavy atom. The number of aromatic amines is 1. The monoisotopic (exact) mass is 274 g/mol. The molecule has 0 aliphatic heterocycles. The molecule has 0 fully saturated rings. The van der Waals surface area contributed by atoms with Crippen LogP contribution in [0.25, 0.3) is 11.1 Å². The molecular weight excluding hydrogens is 272 g/mol. The van der Waals surface area contributed by atoms with Gasteiger partial charge in [0.05, 0.1) is 10.5 Å². The smallest absolute Gasteiger partial charge is 0.408 e. The molecule has 13 heavy (non-hydrogen) atoms. The number of fused-ring (bicyclic) bond motifs is 1. The highest BCUT2D eigenvalue weighted by molar-refractivity contribution is 9.10. The van der Waals surface area contributed by atoms with Crippen molar-refractivity contribution in [2.75, 3.05) is 0 Å². The van der Waals surface area contributed by atoms with Crippen molar-refractivity contribution in [2.24, 2.45) is 0 Å². The number of rotatable bonds is 0. The summed E-state index contributed by atoms with van der Waals surface area (Å²) < 4.78 is 5.51. The van der Waals surface area contributed by atoms with Gasteiger partial charge in [-0.2, -0.15) is 0 Å². The van der Waals surface area contributed by atoms with E-state index in [-0.39, 0.29) is 17.4 Å². The SMILES string of the molecule is O=c1[nH]c2cc(Cl)c(Br)cc2o1.[Al]. The number of H-pyrrole nitrogens is 1. The van der Waals surface area contributed by atoms with Gasteiger partial charge < -0.3 is 4.42 Å². The van der Waals surface area contributed by atoms with Gasteiger partial charge in [-0.3, -0.25) is 4.98 Å². The fraction of sp³-hybridized carbons (Fsp3) is 0.